The van der Waals surface area contributed by atoms with E-state index in [1.807, 2.05) is 0 Å². The maximum Gasteiger partial charge on any atom is 0.120 e. The first-order valence-corrected chi connectivity index (χ1v) is 7.74. The van der Waals surface area contributed by atoms with Gasteiger partial charge in [0.05, 0.1) is 11.6 Å². The fourth-order valence-corrected chi connectivity index (χ4v) is 2.78. The highest BCUT2D eigenvalue weighted by atomic mass is 16.5. The van der Waals surface area contributed by atoms with Gasteiger partial charge in [0.15, 0.2) is 0 Å². The molecule has 114 valence electrons. The van der Waals surface area contributed by atoms with Crippen LogP contribution in [0.2, 0.25) is 0 Å². The van der Waals surface area contributed by atoms with Crippen molar-refractivity contribution in [2.24, 2.45) is 5.92 Å². The molecule has 1 N–H and O–H groups in total. The summed E-state index contributed by atoms with van der Waals surface area (Å²) in [5.74, 6) is 1.49. The van der Waals surface area contributed by atoms with Crippen LogP contribution in [0.3, 0.4) is 0 Å². The predicted molar refractivity (Wildman–Crippen MR) is 82.1 cm³/mol. The molecule has 1 aliphatic rings. The second-order valence-electron chi connectivity index (χ2n) is 5.76. The first-order chi connectivity index (χ1) is 10.2. The van der Waals surface area contributed by atoms with Crippen molar-refractivity contribution in [1.82, 2.24) is 4.90 Å². The van der Waals surface area contributed by atoms with Crippen molar-refractivity contribution in [3.05, 3.63) is 29.8 Å². The molecule has 2 rings (SSSR count). The molecule has 1 aromatic rings. The molecule has 0 aliphatic carbocycles. The maximum absolute atomic E-state index is 10.1. The Morgan fingerprint density at radius 2 is 2.19 bits per heavy atom. The highest BCUT2D eigenvalue weighted by Crippen LogP contribution is 2.20. The second-order valence-corrected chi connectivity index (χ2v) is 5.76. The predicted octanol–water partition coefficient (Wildman–Crippen LogP) is 2.42. The zero-order chi connectivity index (χ0) is 15.1. The third-order valence-electron chi connectivity index (χ3n) is 4.16. The first kappa shape index (κ1) is 15.8. The molecule has 1 atom stereocenters. The van der Waals surface area contributed by atoms with Crippen LogP contribution >= 0.6 is 0 Å². The number of rotatable bonds is 6. The number of likely N-dealkylation sites (tertiary alicyclic amines) is 1. The molecule has 1 saturated heterocycles. The van der Waals surface area contributed by atoms with Crippen molar-refractivity contribution in [1.29, 1.82) is 5.26 Å². The number of aliphatic hydroxyl groups excluding tert-OH is 1. The fourth-order valence-electron chi connectivity index (χ4n) is 2.78. The minimum absolute atomic E-state index is 0.266. The lowest BCUT2D eigenvalue weighted by atomic mass is 9.94. The minimum Gasteiger partial charge on any atom is -0.491 e. The maximum atomic E-state index is 10.1. The van der Waals surface area contributed by atoms with Crippen LogP contribution in [0.4, 0.5) is 0 Å². The van der Waals surface area contributed by atoms with E-state index in [4.69, 9.17) is 10.00 Å². The van der Waals surface area contributed by atoms with Crippen molar-refractivity contribution in [3.63, 3.8) is 0 Å². The third-order valence-corrected chi connectivity index (χ3v) is 4.16. The summed E-state index contributed by atoms with van der Waals surface area (Å²) in [5, 5.41) is 18.9. The topological polar surface area (TPSA) is 56.5 Å². The van der Waals surface area contributed by atoms with Crippen molar-refractivity contribution >= 4 is 0 Å². The van der Waals surface area contributed by atoms with Gasteiger partial charge in [0.25, 0.3) is 0 Å². The Hall–Kier alpha value is -1.57. The first-order valence-electron chi connectivity index (χ1n) is 7.74. The summed E-state index contributed by atoms with van der Waals surface area (Å²) in [6.07, 6.45) is 3.23. The van der Waals surface area contributed by atoms with E-state index >= 15 is 0 Å². The molecule has 1 aromatic carbocycles. The minimum atomic E-state index is -0.492. The van der Waals surface area contributed by atoms with Crippen LogP contribution in [0.1, 0.15) is 31.7 Å². The van der Waals surface area contributed by atoms with Gasteiger partial charge in [0.1, 0.15) is 18.5 Å². The number of β-amino-alcohol motifs (C(OH)–C–C–N with tert-alkyl or cyclic N) is 1. The SMILES string of the molecule is CCC1CCN(CC(O)COc2cccc(C#N)c2)CC1. The van der Waals surface area contributed by atoms with Crippen LogP contribution in [-0.2, 0) is 0 Å². The van der Waals surface area contributed by atoms with Crippen LogP contribution in [-0.4, -0.2) is 42.4 Å². The van der Waals surface area contributed by atoms with Crippen LogP contribution in [0, 0.1) is 17.2 Å². The summed E-state index contributed by atoms with van der Waals surface area (Å²) in [5.41, 5.74) is 0.573. The lowest BCUT2D eigenvalue weighted by Gasteiger charge is -2.32. The van der Waals surface area contributed by atoms with E-state index < -0.39 is 6.10 Å². The zero-order valence-corrected chi connectivity index (χ0v) is 12.7. The largest absolute Gasteiger partial charge is 0.491 e. The Morgan fingerprint density at radius 1 is 1.43 bits per heavy atom. The lowest BCUT2D eigenvalue weighted by Crippen LogP contribution is -2.40. The molecule has 0 aromatic heterocycles. The second kappa shape index (κ2) is 8.02. The normalized spacial score (nSPS) is 18.1. The summed E-state index contributed by atoms with van der Waals surface area (Å²) in [4.78, 5) is 2.31. The van der Waals surface area contributed by atoms with E-state index in [0.29, 0.717) is 17.9 Å². The quantitative estimate of drug-likeness (QED) is 0.873. The molecule has 1 aliphatic heterocycles. The molecule has 1 unspecified atom stereocenters. The lowest BCUT2D eigenvalue weighted by molar-refractivity contribution is 0.0548. The van der Waals surface area contributed by atoms with Crippen molar-refractivity contribution in [2.75, 3.05) is 26.2 Å². The van der Waals surface area contributed by atoms with Crippen LogP contribution in [0.15, 0.2) is 24.3 Å². The van der Waals surface area contributed by atoms with Gasteiger partial charge < -0.3 is 14.7 Å². The molecule has 21 heavy (non-hydrogen) atoms. The number of benzene rings is 1. The number of nitriles is 1. The van der Waals surface area contributed by atoms with E-state index in [-0.39, 0.29) is 6.61 Å². The number of piperidine rings is 1. The van der Waals surface area contributed by atoms with E-state index in [9.17, 15) is 5.11 Å². The number of aliphatic hydroxyl groups is 1. The summed E-state index contributed by atoms with van der Waals surface area (Å²) in [7, 11) is 0. The Bertz CT molecular complexity index is 476. The van der Waals surface area contributed by atoms with Gasteiger partial charge >= 0.3 is 0 Å². The van der Waals surface area contributed by atoms with Crippen LogP contribution in [0.25, 0.3) is 0 Å². The Morgan fingerprint density at radius 3 is 2.86 bits per heavy atom. The zero-order valence-electron chi connectivity index (χ0n) is 12.7. The van der Waals surface area contributed by atoms with Crippen molar-refractivity contribution in [3.8, 4) is 11.8 Å². The molecule has 1 fully saturated rings. The highest BCUT2D eigenvalue weighted by Gasteiger charge is 2.20. The van der Waals surface area contributed by atoms with Gasteiger partial charge in [-0.1, -0.05) is 19.4 Å². The Balaban J connectivity index is 1.72. The number of hydrogen-bond acceptors (Lipinski definition) is 4. The summed E-state index contributed by atoms with van der Waals surface area (Å²) >= 11 is 0. The van der Waals surface area contributed by atoms with Crippen LogP contribution in [0.5, 0.6) is 5.75 Å². The van der Waals surface area contributed by atoms with Gasteiger partial charge in [0, 0.05) is 6.54 Å². The smallest absolute Gasteiger partial charge is 0.120 e. The van der Waals surface area contributed by atoms with Crippen molar-refractivity contribution in [2.45, 2.75) is 32.3 Å². The van der Waals surface area contributed by atoms with Crippen LogP contribution < -0.4 is 4.74 Å². The molecular weight excluding hydrogens is 264 g/mol. The van der Waals surface area contributed by atoms with Crippen molar-refractivity contribution < 1.29 is 9.84 Å². The Labute approximate surface area is 127 Å². The van der Waals surface area contributed by atoms with Gasteiger partial charge in [-0.15, -0.1) is 0 Å². The van der Waals surface area contributed by atoms with Gasteiger partial charge in [-0.25, -0.2) is 0 Å². The summed E-state index contributed by atoms with van der Waals surface area (Å²) in [6.45, 7) is 5.31. The number of ether oxygens (including phenoxy) is 1. The molecule has 1 heterocycles. The van der Waals surface area contributed by atoms with E-state index in [1.54, 1.807) is 24.3 Å². The highest BCUT2D eigenvalue weighted by molar-refractivity contribution is 5.36. The molecule has 4 nitrogen and oxygen atoms in total. The molecule has 0 radical (unpaired) electrons. The average Bonchev–Trinajstić information content (AvgIpc) is 2.54. The van der Waals surface area contributed by atoms with Gasteiger partial charge in [-0.3, -0.25) is 0 Å². The average molecular weight is 288 g/mol. The summed E-state index contributed by atoms with van der Waals surface area (Å²) in [6, 6.07) is 9.10. The standard InChI is InChI=1S/C17H24N2O2/c1-2-14-6-8-19(9-7-14)12-16(20)13-21-17-5-3-4-15(10-17)11-18/h3-5,10,14,16,20H,2,6-9,12-13H2,1H3. The number of hydrogen-bond donors (Lipinski definition) is 1. The third kappa shape index (κ3) is 5.04. The van der Waals surface area contributed by atoms with Gasteiger partial charge in [0.2, 0.25) is 0 Å². The van der Waals surface area contributed by atoms with E-state index in [0.717, 1.165) is 19.0 Å². The molecule has 4 heteroatoms. The fraction of sp³-hybridized carbons (Fsp3) is 0.588. The van der Waals surface area contributed by atoms with Gasteiger partial charge in [-0.05, 0) is 50.0 Å². The molecule has 0 saturated carbocycles. The molecule has 0 bridgehead atoms. The van der Waals surface area contributed by atoms with E-state index in [2.05, 4.69) is 17.9 Å². The monoisotopic (exact) mass is 288 g/mol. The number of nitrogens with zero attached hydrogens (tertiary/aromatic N) is 2. The molecule has 0 spiro atoms. The van der Waals surface area contributed by atoms with E-state index in [1.165, 1.54) is 19.3 Å². The molecule has 0 amide bonds. The van der Waals surface area contributed by atoms with Gasteiger partial charge in [-0.2, -0.15) is 5.26 Å². The molecular formula is C17H24N2O2. The Kier molecular flexibility index (Phi) is 6.04. The summed E-state index contributed by atoms with van der Waals surface area (Å²) < 4.78 is 5.57.